The average Bonchev–Trinajstić information content (AvgIpc) is 2.75. The van der Waals surface area contributed by atoms with Gasteiger partial charge in [0.2, 0.25) is 0 Å². The zero-order valence-corrected chi connectivity index (χ0v) is 10.5. The number of aliphatic hydroxyl groups is 1. The molecule has 0 amide bonds. The highest BCUT2D eigenvalue weighted by molar-refractivity contribution is 6.32. The summed E-state index contributed by atoms with van der Waals surface area (Å²) in [7, 11) is 1.52. The minimum atomic E-state index is -0.868. The molecule has 0 saturated heterocycles. The predicted molar refractivity (Wildman–Crippen MR) is 65.8 cm³/mol. The van der Waals surface area contributed by atoms with Crippen LogP contribution in [0.4, 0.5) is 0 Å². The quantitative estimate of drug-likeness (QED) is 0.927. The Hall–Kier alpha value is -1.16. The minimum absolute atomic E-state index is 0.173. The molecule has 5 heteroatoms. The molecule has 2 aromatic rings. The molecule has 17 heavy (non-hydrogen) atoms. The van der Waals surface area contributed by atoms with Crippen LogP contribution in [0.25, 0.3) is 0 Å². The van der Waals surface area contributed by atoms with E-state index in [-0.39, 0.29) is 5.22 Å². The smallest absolute Gasteiger partial charge is 0.199 e. The maximum absolute atomic E-state index is 10.1. The lowest BCUT2D eigenvalue weighted by molar-refractivity contribution is 0.219. The van der Waals surface area contributed by atoms with Gasteiger partial charge in [-0.1, -0.05) is 17.7 Å². The van der Waals surface area contributed by atoms with Crippen LogP contribution in [0.15, 0.2) is 34.9 Å². The Kier molecular flexibility index (Phi) is 3.62. The number of hydrogen-bond donors (Lipinski definition) is 1. The summed E-state index contributed by atoms with van der Waals surface area (Å²) in [5, 5.41) is 10.8. The van der Waals surface area contributed by atoms with Crippen molar-refractivity contribution in [2.75, 3.05) is 7.11 Å². The van der Waals surface area contributed by atoms with Gasteiger partial charge in [0.25, 0.3) is 0 Å². The molecule has 90 valence electrons. The fraction of sp³-hybridized carbons (Fsp3) is 0.167. The number of rotatable bonds is 3. The van der Waals surface area contributed by atoms with E-state index in [2.05, 4.69) is 0 Å². The zero-order valence-electron chi connectivity index (χ0n) is 8.98. The topological polar surface area (TPSA) is 42.6 Å². The first kappa shape index (κ1) is 12.3. The molecule has 0 saturated carbocycles. The minimum Gasteiger partial charge on any atom is -0.495 e. The van der Waals surface area contributed by atoms with E-state index in [1.54, 1.807) is 24.3 Å². The number of hydrogen-bond acceptors (Lipinski definition) is 3. The first-order valence-electron chi connectivity index (χ1n) is 4.88. The van der Waals surface area contributed by atoms with Gasteiger partial charge in [-0.2, -0.15) is 0 Å². The lowest BCUT2D eigenvalue weighted by Gasteiger charge is -2.11. The molecule has 1 heterocycles. The molecule has 2 rings (SSSR count). The van der Waals surface area contributed by atoms with Crippen molar-refractivity contribution in [1.29, 1.82) is 0 Å². The largest absolute Gasteiger partial charge is 0.495 e. The van der Waals surface area contributed by atoms with E-state index in [0.29, 0.717) is 21.9 Å². The van der Waals surface area contributed by atoms with Crippen LogP contribution in [-0.4, -0.2) is 12.2 Å². The van der Waals surface area contributed by atoms with Gasteiger partial charge in [-0.05, 0) is 35.4 Å². The van der Waals surface area contributed by atoms with Crippen molar-refractivity contribution in [3.05, 3.63) is 51.9 Å². The molecule has 0 aliphatic carbocycles. The van der Waals surface area contributed by atoms with Crippen LogP contribution in [-0.2, 0) is 0 Å². The van der Waals surface area contributed by atoms with E-state index in [4.69, 9.17) is 32.4 Å². The molecular weight excluding hydrogens is 263 g/mol. The summed E-state index contributed by atoms with van der Waals surface area (Å²) in [5.41, 5.74) is 1.14. The van der Waals surface area contributed by atoms with Crippen LogP contribution in [0.3, 0.4) is 0 Å². The van der Waals surface area contributed by atoms with E-state index < -0.39 is 6.10 Å². The van der Waals surface area contributed by atoms with Gasteiger partial charge >= 0.3 is 0 Å². The number of ether oxygens (including phenoxy) is 1. The molecule has 1 unspecified atom stereocenters. The third-order valence-electron chi connectivity index (χ3n) is 2.43. The molecule has 1 aromatic carbocycles. The van der Waals surface area contributed by atoms with E-state index >= 15 is 0 Å². The molecule has 0 bridgehead atoms. The van der Waals surface area contributed by atoms with Gasteiger partial charge in [0, 0.05) is 5.56 Å². The van der Waals surface area contributed by atoms with Gasteiger partial charge in [-0.15, -0.1) is 0 Å². The van der Waals surface area contributed by atoms with Crippen molar-refractivity contribution in [3.63, 3.8) is 0 Å². The highest BCUT2D eigenvalue weighted by Gasteiger charge is 2.17. The van der Waals surface area contributed by atoms with Crippen molar-refractivity contribution in [1.82, 2.24) is 0 Å². The van der Waals surface area contributed by atoms with Crippen LogP contribution in [0.2, 0.25) is 10.2 Å². The molecule has 3 nitrogen and oxygen atoms in total. The summed E-state index contributed by atoms with van der Waals surface area (Å²) < 4.78 is 10.0. The van der Waals surface area contributed by atoms with Crippen LogP contribution >= 0.6 is 23.2 Å². The maximum atomic E-state index is 10.1. The monoisotopic (exact) mass is 272 g/mol. The van der Waals surface area contributed by atoms with Crippen LogP contribution in [0.1, 0.15) is 17.2 Å². The average molecular weight is 273 g/mol. The Morgan fingerprint density at radius 3 is 2.65 bits per heavy atom. The van der Waals surface area contributed by atoms with Crippen molar-refractivity contribution in [2.45, 2.75) is 6.10 Å². The van der Waals surface area contributed by atoms with Crippen LogP contribution < -0.4 is 4.74 Å². The normalized spacial score (nSPS) is 12.5. The maximum Gasteiger partial charge on any atom is 0.199 e. The van der Waals surface area contributed by atoms with Crippen molar-refractivity contribution in [2.24, 2.45) is 0 Å². The number of methoxy groups -OCH3 is 1. The third kappa shape index (κ3) is 2.41. The van der Waals surface area contributed by atoms with E-state index in [1.807, 2.05) is 0 Å². The van der Waals surface area contributed by atoms with Crippen molar-refractivity contribution >= 4 is 23.2 Å². The Labute approximate surface area is 109 Å². The van der Waals surface area contributed by atoms with Gasteiger partial charge in [0.1, 0.15) is 11.9 Å². The zero-order chi connectivity index (χ0) is 12.4. The predicted octanol–water partition coefficient (Wildman–Crippen LogP) is 3.68. The SMILES string of the molecule is COc1cc(C(O)c2ccoc2Cl)ccc1Cl. The molecule has 1 atom stereocenters. The highest BCUT2D eigenvalue weighted by Crippen LogP contribution is 2.33. The summed E-state index contributed by atoms with van der Waals surface area (Å²) in [4.78, 5) is 0. The Morgan fingerprint density at radius 2 is 2.06 bits per heavy atom. The van der Waals surface area contributed by atoms with Gasteiger partial charge in [-0.3, -0.25) is 0 Å². The molecule has 0 aliphatic heterocycles. The molecule has 0 aliphatic rings. The Bertz CT molecular complexity index is 522. The Morgan fingerprint density at radius 1 is 1.29 bits per heavy atom. The number of furan rings is 1. The first-order valence-corrected chi connectivity index (χ1v) is 5.63. The van der Waals surface area contributed by atoms with E-state index in [0.717, 1.165) is 0 Å². The summed E-state index contributed by atoms with van der Waals surface area (Å²) in [6.45, 7) is 0. The van der Waals surface area contributed by atoms with Crippen LogP contribution in [0.5, 0.6) is 5.75 Å². The Balaban J connectivity index is 2.38. The summed E-state index contributed by atoms with van der Waals surface area (Å²) in [6, 6.07) is 6.65. The lowest BCUT2D eigenvalue weighted by atomic mass is 10.0. The highest BCUT2D eigenvalue weighted by atomic mass is 35.5. The van der Waals surface area contributed by atoms with Gasteiger partial charge < -0.3 is 14.3 Å². The fourth-order valence-electron chi connectivity index (χ4n) is 1.53. The standard InChI is InChI=1S/C12H10Cl2O3/c1-16-10-6-7(2-3-9(10)13)11(15)8-4-5-17-12(8)14/h2-6,11,15H,1H3. The molecule has 1 aromatic heterocycles. The second-order valence-electron chi connectivity index (χ2n) is 3.45. The molecule has 1 N–H and O–H groups in total. The summed E-state index contributed by atoms with van der Waals surface area (Å²) >= 11 is 11.7. The molecular formula is C12H10Cl2O3. The fourth-order valence-corrected chi connectivity index (χ4v) is 1.94. The number of benzene rings is 1. The molecule has 0 radical (unpaired) electrons. The molecule has 0 spiro atoms. The van der Waals surface area contributed by atoms with Crippen molar-refractivity contribution < 1.29 is 14.3 Å². The van der Waals surface area contributed by atoms with Gasteiger partial charge in [-0.25, -0.2) is 0 Å². The third-order valence-corrected chi connectivity index (χ3v) is 3.05. The summed E-state index contributed by atoms with van der Waals surface area (Å²) in [5.74, 6) is 0.503. The first-order chi connectivity index (χ1) is 8.13. The second kappa shape index (κ2) is 5.00. The van der Waals surface area contributed by atoms with E-state index in [1.165, 1.54) is 13.4 Å². The van der Waals surface area contributed by atoms with Gasteiger partial charge in [0.15, 0.2) is 5.22 Å². The lowest BCUT2D eigenvalue weighted by Crippen LogP contribution is -1.99. The van der Waals surface area contributed by atoms with Gasteiger partial charge in [0.05, 0.1) is 18.4 Å². The number of halogens is 2. The van der Waals surface area contributed by atoms with E-state index in [9.17, 15) is 5.11 Å². The van der Waals surface area contributed by atoms with Crippen LogP contribution in [0, 0.1) is 0 Å². The molecule has 0 fully saturated rings. The van der Waals surface area contributed by atoms with Crippen molar-refractivity contribution in [3.8, 4) is 5.75 Å². The second-order valence-corrected chi connectivity index (χ2v) is 4.20. The summed E-state index contributed by atoms with van der Waals surface area (Å²) in [6.07, 6.45) is 0.557. The number of aliphatic hydroxyl groups excluding tert-OH is 1.